The number of benzene rings is 1. The number of nitrogens with one attached hydrogen (secondary N) is 1. The van der Waals surface area contributed by atoms with Crippen molar-refractivity contribution in [3.8, 4) is 0 Å². The Kier molecular flexibility index (Phi) is 4.47. The summed E-state index contributed by atoms with van der Waals surface area (Å²) >= 11 is 0. The molecule has 0 unspecified atom stereocenters. The fraction of sp³-hybridized carbons (Fsp3) is 0.227. The minimum absolute atomic E-state index is 0.0311. The molecular weight excluding hydrogens is 356 g/mol. The highest BCUT2D eigenvalue weighted by atomic mass is 16.4. The Bertz CT molecular complexity index is 1250. The molecular formula is C22H20N2O4. The normalized spacial score (nSPS) is 11.2. The van der Waals surface area contributed by atoms with E-state index in [9.17, 15) is 9.59 Å². The van der Waals surface area contributed by atoms with E-state index in [2.05, 4.69) is 10.3 Å². The van der Waals surface area contributed by atoms with E-state index in [1.807, 2.05) is 39.0 Å². The zero-order chi connectivity index (χ0) is 19.8. The number of aryl methyl sites for hydroxylation is 3. The van der Waals surface area contributed by atoms with Crippen LogP contribution in [0.25, 0.3) is 21.9 Å². The van der Waals surface area contributed by atoms with Gasteiger partial charge >= 0.3 is 5.63 Å². The predicted molar refractivity (Wildman–Crippen MR) is 106 cm³/mol. The fourth-order valence-corrected chi connectivity index (χ4v) is 3.45. The van der Waals surface area contributed by atoms with Gasteiger partial charge in [-0.05, 0) is 55.7 Å². The highest BCUT2D eigenvalue weighted by Crippen LogP contribution is 2.32. The Balaban J connectivity index is 1.69. The number of fused-ring (bicyclic) bond motifs is 2. The summed E-state index contributed by atoms with van der Waals surface area (Å²) in [5.41, 5.74) is 4.61. The average molecular weight is 376 g/mol. The number of pyridine rings is 1. The Labute approximate surface area is 161 Å². The third kappa shape index (κ3) is 3.07. The van der Waals surface area contributed by atoms with E-state index in [1.165, 1.54) is 0 Å². The number of carbonyl (C=O) groups excluding carboxylic acids is 1. The first-order valence-electron chi connectivity index (χ1n) is 9.05. The maximum atomic E-state index is 12.6. The molecule has 0 saturated heterocycles. The summed E-state index contributed by atoms with van der Waals surface area (Å²) in [4.78, 5) is 28.9. The lowest BCUT2D eigenvalue weighted by atomic mass is 9.99. The lowest BCUT2D eigenvalue weighted by Crippen LogP contribution is -2.27. The Morgan fingerprint density at radius 1 is 1.07 bits per heavy atom. The monoisotopic (exact) mass is 376 g/mol. The van der Waals surface area contributed by atoms with Crippen LogP contribution >= 0.6 is 0 Å². The zero-order valence-corrected chi connectivity index (χ0v) is 16.0. The smallest absolute Gasteiger partial charge is 0.340 e. The first kappa shape index (κ1) is 18.0. The van der Waals surface area contributed by atoms with Gasteiger partial charge in [-0.15, -0.1) is 0 Å². The number of carbonyl (C=O) groups is 1. The summed E-state index contributed by atoms with van der Waals surface area (Å²) < 4.78 is 11.2. The minimum atomic E-state index is -0.491. The minimum Gasteiger partial charge on any atom is -0.464 e. The molecule has 4 aromatic rings. The van der Waals surface area contributed by atoms with Gasteiger partial charge in [-0.25, -0.2) is 4.79 Å². The van der Waals surface area contributed by atoms with Crippen molar-refractivity contribution in [1.82, 2.24) is 10.3 Å². The first-order chi connectivity index (χ1) is 13.5. The second-order valence-electron chi connectivity index (χ2n) is 6.98. The van der Waals surface area contributed by atoms with E-state index in [1.54, 1.807) is 18.7 Å². The van der Waals surface area contributed by atoms with Gasteiger partial charge in [0.2, 0.25) is 5.91 Å². The molecule has 0 radical (unpaired) electrons. The summed E-state index contributed by atoms with van der Waals surface area (Å²) in [6.45, 7) is 6.08. The van der Waals surface area contributed by atoms with Crippen molar-refractivity contribution in [3.05, 3.63) is 75.1 Å². The number of hydrogen-bond acceptors (Lipinski definition) is 5. The average Bonchev–Trinajstić information content (AvgIpc) is 3.07. The first-order valence-corrected chi connectivity index (χ1v) is 9.05. The van der Waals surface area contributed by atoms with Gasteiger partial charge in [-0.2, -0.15) is 0 Å². The van der Waals surface area contributed by atoms with Crippen molar-refractivity contribution < 1.29 is 13.6 Å². The van der Waals surface area contributed by atoms with Gasteiger partial charge in [0, 0.05) is 35.3 Å². The largest absolute Gasteiger partial charge is 0.464 e. The van der Waals surface area contributed by atoms with Crippen LogP contribution in [0.1, 0.15) is 27.8 Å². The van der Waals surface area contributed by atoms with Gasteiger partial charge in [0.15, 0.2) is 0 Å². The summed E-state index contributed by atoms with van der Waals surface area (Å²) in [5, 5.41) is 4.64. The van der Waals surface area contributed by atoms with Crippen LogP contribution < -0.4 is 10.9 Å². The third-order valence-corrected chi connectivity index (χ3v) is 5.11. The lowest BCUT2D eigenvalue weighted by Gasteiger charge is -2.10. The van der Waals surface area contributed by atoms with Gasteiger partial charge in [-0.1, -0.05) is 0 Å². The topological polar surface area (TPSA) is 85.3 Å². The lowest BCUT2D eigenvalue weighted by molar-refractivity contribution is -0.120. The zero-order valence-electron chi connectivity index (χ0n) is 16.0. The third-order valence-electron chi connectivity index (χ3n) is 5.11. The highest BCUT2D eigenvalue weighted by Gasteiger charge is 2.19. The molecule has 142 valence electrons. The summed E-state index contributed by atoms with van der Waals surface area (Å²) in [7, 11) is 0. The number of aromatic nitrogens is 1. The number of hydrogen-bond donors (Lipinski definition) is 1. The van der Waals surface area contributed by atoms with Crippen LogP contribution in [0.5, 0.6) is 0 Å². The van der Waals surface area contributed by atoms with E-state index in [0.717, 1.165) is 38.6 Å². The van der Waals surface area contributed by atoms with Crippen LogP contribution in [-0.2, 0) is 17.8 Å². The molecule has 4 rings (SSSR count). The molecule has 1 amide bonds. The van der Waals surface area contributed by atoms with Crippen LogP contribution in [0, 0.1) is 20.8 Å². The number of nitrogens with zero attached hydrogens (tertiary/aromatic N) is 1. The van der Waals surface area contributed by atoms with Gasteiger partial charge in [0.25, 0.3) is 0 Å². The van der Waals surface area contributed by atoms with E-state index < -0.39 is 5.63 Å². The van der Waals surface area contributed by atoms with Crippen molar-refractivity contribution in [2.45, 2.75) is 33.7 Å². The van der Waals surface area contributed by atoms with E-state index in [-0.39, 0.29) is 12.3 Å². The molecule has 0 aliphatic rings. The molecule has 3 heterocycles. The van der Waals surface area contributed by atoms with Gasteiger partial charge in [0.1, 0.15) is 11.2 Å². The number of amides is 1. The Morgan fingerprint density at radius 3 is 2.57 bits per heavy atom. The van der Waals surface area contributed by atoms with E-state index in [0.29, 0.717) is 17.7 Å². The maximum Gasteiger partial charge on any atom is 0.340 e. The molecule has 0 bridgehead atoms. The molecule has 0 spiro atoms. The summed E-state index contributed by atoms with van der Waals surface area (Å²) in [6, 6.07) is 5.63. The predicted octanol–water partition coefficient (Wildman–Crippen LogP) is 3.72. The van der Waals surface area contributed by atoms with Crippen molar-refractivity contribution >= 4 is 27.8 Å². The van der Waals surface area contributed by atoms with Crippen LogP contribution in [0.15, 0.2) is 50.5 Å². The van der Waals surface area contributed by atoms with Crippen molar-refractivity contribution in [2.24, 2.45) is 0 Å². The van der Waals surface area contributed by atoms with Crippen molar-refractivity contribution in [2.75, 3.05) is 0 Å². The molecule has 0 aliphatic carbocycles. The maximum absolute atomic E-state index is 12.6. The second kappa shape index (κ2) is 6.96. The Morgan fingerprint density at radius 2 is 1.82 bits per heavy atom. The van der Waals surface area contributed by atoms with Crippen molar-refractivity contribution in [1.29, 1.82) is 0 Å². The van der Waals surface area contributed by atoms with Crippen molar-refractivity contribution in [3.63, 3.8) is 0 Å². The van der Waals surface area contributed by atoms with E-state index >= 15 is 0 Å². The van der Waals surface area contributed by atoms with Crippen LogP contribution in [0.2, 0.25) is 0 Å². The standard InChI is InChI=1S/C22H20N2O4/c1-12-11-27-20-14(3)21-17(8-16(12)20)13(2)18(22(26)28-21)9-19(25)24-10-15-4-6-23-7-5-15/h4-8,11H,9-10H2,1-3H3,(H,24,25). The Hall–Kier alpha value is -3.41. The van der Waals surface area contributed by atoms with Gasteiger partial charge < -0.3 is 14.2 Å². The van der Waals surface area contributed by atoms with Gasteiger partial charge in [-0.3, -0.25) is 9.78 Å². The molecule has 6 heteroatoms. The fourth-order valence-electron chi connectivity index (χ4n) is 3.45. The molecule has 0 saturated carbocycles. The highest BCUT2D eigenvalue weighted by molar-refractivity contribution is 6.00. The SMILES string of the molecule is Cc1coc2c(C)c3oc(=O)c(CC(=O)NCc4ccncc4)c(C)c3cc12. The molecule has 1 N–H and O–H groups in total. The molecule has 1 aromatic carbocycles. The second-order valence-corrected chi connectivity index (χ2v) is 6.98. The number of furan rings is 1. The van der Waals surface area contributed by atoms with E-state index in [4.69, 9.17) is 8.83 Å². The molecule has 0 aliphatic heterocycles. The molecule has 28 heavy (non-hydrogen) atoms. The molecule has 0 atom stereocenters. The summed E-state index contributed by atoms with van der Waals surface area (Å²) in [5.74, 6) is -0.233. The van der Waals surface area contributed by atoms with Gasteiger partial charge in [0.05, 0.1) is 18.2 Å². The molecule has 6 nitrogen and oxygen atoms in total. The van der Waals surface area contributed by atoms with Crippen LogP contribution in [-0.4, -0.2) is 10.9 Å². The summed E-state index contributed by atoms with van der Waals surface area (Å²) in [6.07, 6.45) is 5.00. The number of rotatable bonds is 4. The quantitative estimate of drug-likeness (QED) is 0.549. The molecule has 3 aromatic heterocycles. The van der Waals surface area contributed by atoms with Crippen LogP contribution in [0.4, 0.5) is 0 Å². The molecule has 0 fully saturated rings. The van der Waals surface area contributed by atoms with Crippen LogP contribution in [0.3, 0.4) is 0 Å².